The first-order valence-electron chi connectivity index (χ1n) is 6.89. The Morgan fingerprint density at radius 1 is 0.957 bits per heavy atom. The maximum atomic E-state index is 11.2. The average molecular weight is 358 g/mol. The highest BCUT2D eigenvalue weighted by atomic mass is 32.2. The zero-order valence-electron chi connectivity index (χ0n) is 12.9. The lowest BCUT2D eigenvalue weighted by Gasteiger charge is -2.09. The molecule has 2 aromatic carbocycles. The van der Waals surface area contributed by atoms with Gasteiger partial charge in [-0.15, -0.1) is 0 Å². The van der Waals surface area contributed by atoms with Crippen molar-refractivity contribution in [3.05, 3.63) is 42.0 Å². The minimum Gasteiger partial charge on any atom is -0.383 e. The lowest BCUT2D eigenvalue weighted by molar-refractivity contribution is 0.316. The van der Waals surface area contributed by atoms with E-state index in [0.29, 0.717) is 12.8 Å². The summed E-state index contributed by atoms with van der Waals surface area (Å²) in [5.41, 5.74) is 1.03. The smallest absolute Gasteiger partial charge is 0.306 e. The van der Waals surface area contributed by atoms with Crippen molar-refractivity contribution in [2.45, 2.75) is 12.8 Å². The quantitative estimate of drug-likeness (QED) is 0.556. The third-order valence-electron chi connectivity index (χ3n) is 3.08. The molecule has 2 aromatic rings. The van der Waals surface area contributed by atoms with E-state index in [4.69, 9.17) is 8.37 Å². The average Bonchev–Trinajstić information content (AvgIpc) is 2.40. The van der Waals surface area contributed by atoms with Crippen molar-refractivity contribution in [3.8, 4) is 5.75 Å². The van der Waals surface area contributed by atoms with E-state index in [-0.39, 0.29) is 12.4 Å². The number of benzene rings is 2. The summed E-state index contributed by atoms with van der Waals surface area (Å²) in [6, 6.07) is 10.7. The van der Waals surface area contributed by atoms with Gasteiger partial charge in [-0.1, -0.05) is 24.3 Å². The summed E-state index contributed by atoms with van der Waals surface area (Å²) in [5, 5.41) is 1.82. The standard InChI is InChI=1S/C15H18O6S2/c1-22(16,17)20-10-4-7-12-5-3-6-13-11-14(8-9-15(12)13)21-23(2,18)19/h3,5-6,8-9,11H,4,7,10H2,1-2H3. The summed E-state index contributed by atoms with van der Waals surface area (Å²) in [4.78, 5) is 0. The molecule has 0 fully saturated rings. The highest BCUT2D eigenvalue weighted by Crippen LogP contribution is 2.25. The fourth-order valence-corrected chi connectivity index (χ4v) is 3.12. The minimum atomic E-state index is -3.56. The van der Waals surface area contributed by atoms with E-state index in [1.807, 2.05) is 18.2 Å². The SMILES string of the molecule is CS(=O)(=O)OCCCc1cccc2cc(OS(C)(=O)=O)ccc12. The number of hydrogen-bond acceptors (Lipinski definition) is 6. The van der Waals surface area contributed by atoms with Crippen molar-refractivity contribution in [2.75, 3.05) is 19.1 Å². The molecule has 0 aliphatic carbocycles. The van der Waals surface area contributed by atoms with Gasteiger partial charge in [0.15, 0.2) is 0 Å². The lowest BCUT2D eigenvalue weighted by Crippen LogP contribution is -2.06. The number of aryl methyl sites for hydroxylation is 1. The van der Waals surface area contributed by atoms with Gasteiger partial charge in [0.25, 0.3) is 10.1 Å². The van der Waals surface area contributed by atoms with Crippen LogP contribution in [-0.4, -0.2) is 36.0 Å². The molecule has 0 saturated heterocycles. The Balaban J connectivity index is 2.15. The summed E-state index contributed by atoms with van der Waals surface area (Å²) in [6.07, 6.45) is 3.23. The normalized spacial score (nSPS) is 12.4. The second-order valence-electron chi connectivity index (χ2n) is 5.22. The van der Waals surface area contributed by atoms with Crippen LogP contribution in [0, 0.1) is 0 Å². The van der Waals surface area contributed by atoms with E-state index in [1.165, 1.54) is 0 Å². The molecule has 2 rings (SSSR count). The summed E-state index contributed by atoms with van der Waals surface area (Å²) < 4.78 is 53.8. The molecule has 8 heteroatoms. The number of fused-ring (bicyclic) bond motifs is 1. The first kappa shape index (κ1) is 17.7. The molecular formula is C15H18O6S2. The predicted molar refractivity (Wildman–Crippen MR) is 88.5 cm³/mol. The largest absolute Gasteiger partial charge is 0.383 e. The molecule has 0 saturated carbocycles. The highest BCUT2D eigenvalue weighted by Gasteiger charge is 2.08. The van der Waals surface area contributed by atoms with Gasteiger partial charge >= 0.3 is 10.1 Å². The predicted octanol–water partition coefficient (Wildman–Crippen LogP) is 2.09. The zero-order valence-corrected chi connectivity index (χ0v) is 14.5. The van der Waals surface area contributed by atoms with E-state index in [0.717, 1.165) is 28.8 Å². The van der Waals surface area contributed by atoms with Crippen LogP contribution in [0.3, 0.4) is 0 Å². The van der Waals surface area contributed by atoms with Crippen molar-refractivity contribution in [1.82, 2.24) is 0 Å². The zero-order chi connectivity index (χ0) is 17.1. The van der Waals surface area contributed by atoms with Gasteiger partial charge in [-0.25, -0.2) is 0 Å². The van der Waals surface area contributed by atoms with Crippen molar-refractivity contribution in [2.24, 2.45) is 0 Å². The van der Waals surface area contributed by atoms with Crippen LogP contribution >= 0.6 is 0 Å². The Morgan fingerprint density at radius 2 is 1.70 bits per heavy atom. The van der Waals surface area contributed by atoms with E-state index in [9.17, 15) is 16.8 Å². The van der Waals surface area contributed by atoms with Gasteiger partial charge in [0, 0.05) is 0 Å². The van der Waals surface area contributed by atoms with Gasteiger partial charge in [0.1, 0.15) is 5.75 Å². The molecule has 126 valence electrons. The summed E-state index contributed by atoms with van der Waals surface area (Å²) in [6.45, 7) is 0.129. The van der Waals surface area contributed by atoms with Crippen LogP contribution in [-0.2, 0) is 30.8 Å². The van der Waals surface area contributed by atoms with Crippen LogP contribution in [0.5, 0.6) is 5.75 Å². The fourth-order valence-electron chi connectivity index (χ4n) is 2.25. The molecule has 0 aromatic heterocycles. The topological polar surface area (TPSA) is 86.7 Å². The third kappa shape index (κ3) is 5.81. The van der Waals surface area contributed by atoms with Crippen molar-refractivity contribution >= 4 is 31.0 Å². The molecule has 0 aliphatic rings. The van der Waals surface area contributed by atoms with Crippen molar-refractivity contribution < 1.29 is 25.2 Å². The van der Waals surface area contributed by atoms with Gasteiger partial charge in [-0.3, -0.25) is 4.18 Å². The van der Waals surface area contributed by atoms with Gasteiger partial charge in [0.2, 0.25) is 0 Å². The maximum absolute atomic E-state index is 11.2. The minimum absolute atomic E-state index is 0.129. The molecule has 23 heavy (non-hydrogen) atoms. The molecule has 0 amide bonds. The van der Waals surface area contributed by atoms with Crippen LogP contribution < -0.4 is 4.18 Å². The Kier molecular flexibility index (Phi) is 5.28. The molecule has 0 N–H and O–H groups in total. The molecule has 0 unspecified atom stereocenters. The molecular weight excluding hydrogens is 340 g/mol. The Labute approximate surface area is 136 Å². The Bertz CT molecular complexity index is 901. The van der Waals surface area contributed by atoms with Crippen LogP contribution in [0.2, 0.25) is 0 Å². The number of hydrogen-bond donors (Lipinski definition) is 0. The van der Waals surface area contributed by atoms with Crippen molar-refractivity contribution in [1.29, 1.82) is 0 Å². The maximum Gasteiger partial charge on any atom is 0.306 e. The van der Waals surface area contributed by atoms with E-state index in [2.05, 4.69) is 0 Å². The summed E-state index contributed by atoms with van der Waals surface area (Å²) in [5.74, 6) is 0.262. The number of rotatable bonds is 7. The highest BCUT2D eigenvalue weighted by molar-refractivity contribution is 7.86. The second kappa shape index (κ2) is 6.86. The molecule has 0 heterocycles. The third-order valence-corrected chi connectivity index (χ3v) is 4.17. The second-order valence-corrected chi connectivity index (χ2v) is 8.44. The van der Waals surface area contributed by atoms with Gasteiger partial charge < -0.3 is 4.18 Å². The summed E-state index contributed by atoms with van der Waals surface area (Å²) in [7, 11) is -6.98. The van der Waals surface area contributed by atoms with Crippen LogP contribution in [0.15, 0.2) is 36.4 Å². The van der Waals surface area contributed by atoms with Crippen LogP contribution in [0.1, 0.15) is 12.0 Å². The fraction of sp³-hybridized carbons (Fsp3) is 0.333. The summed E-state index contributed by atoms with van der Waals surface area (Å²) >= 11 is 0. The molecule has 0 spiro atoms. The lowest BCUT2D eigenvalue weighted by atomic mass is 10.0. The van der Waals surface area contributed by atoms with Gasteiger partial charge in [0.05, 0.1) is 19.1 Å². The molecule has 0 bridgehead atoms. The molecule has 0 aliphatic heterocycles. The van der Waals surface area contributed by atoms with E-state index in [1.54, 1.807) is 18.2 Å². The first-order chi connectivity index (χ1) is 10.6. The Morgan fingerprint density at radius 3 is 2.35 bits per heavy atom. The molecule has 0 radical (unpaired) electrons. The van der Waals surface area contributed by atoms with Crippen LogP contribution in [0.4, 0.5) is 0 Å². The van der Waals surface area contributed by atoms with E-state index >= 15 is 0 Å². The molecule has 6 nitrogen and oxygen atoms in total. The monoisotopic (exact) mass is 358 g/mol. The first-order valence-corrected chi connectivity index (χ1v) is 10.5. The molecule has 0 atom stereocenters. The van der Waals surface area contributed by atoms with E-state index < -0.39 is 20.2 Å². The van der Waals surface area contributed by atoms with Crippen molar-refractivity contribution in [3.63, 3.8) is 0 Å². The van der Waals surface area contributed by atoms with Gasteiger partial charge in [-0.2, -0.15) is 16.8 Å². The Hall–Kier alpha value is -1.64. The van der Waals surface area contributed by atoms with Gasteiger partial charge in [-0.05, 0) is 41.3 Å². The van der Waals surface area contributed by atoms with Crippen LogP contribution in [0.25, 0.3) is 10.8 Å².